The molecule has 0 fully saturated rings. The van der Waals surface area contributed by atoms with Crippen LogP contribution in [0.2, 0.25) is 0 Å². The summed E-state index contributed by atoms with van der Waals surface area (Å²) in [5.41, 5.74) is 10.8. The van der Waals surface area contributed by atoms with Crippen LogP contribution in [-0.2, 0) is 27.5 Å². The molecule has 8 heteroatoms. The second-order valence-electron chi connectivity index (χ2n) is 10.4. The van der Waals surface area contributed by atoms with Gasteiger partial charge < -0.3 is 25.0 Å². The van der Waals surface area contributed by atoms with Gasteiger partial charge in [-0.05, 0) is 35.2 Å². The predicted molar refractivity (Wildman–Crippen MR) is 167 cm³/mol. The van der Waals surface area contributed by atoms with Crippen LogP contribution in [0.1, 0.15) is 41.1 Å². The highest BCUT2D eigenvalue weighted by Gasteiger charge is 2.25. The average molecular weight is 577 g/mol. The molecular formula is C35H36N4O4. The number of carbonyl (C=O) groups is 2. The first-order chi connectivity index (χ1) is 21.0. The zero-order valence-corrected chi connectivity index (χ0v) is 24.3. The number of ether oxygens (including phenoxy) is 2. The van der Waals surface area contributed by atoms with Crippen molar-refractivity contribution in [3.63, 3.8) is 0 Å². The van der Waals surface area contributed by atoms with E-state index in [4.69, 9.17) is 15.2 Å². The zero-order valence-electron chi connectivity index (χ0n) is 24.3. The fourth-order valence-corrected chi connectivity index (χ4v) is 5.13. The van der Waals surface area contributed by atoms with E-state index in [0.717, 1.165) is 22.3 Å². The zero-order chi connectivity index (χ0) is 30.0. The van der Waals surface area contributed by atoms with Crippen molar-refractivity contribution in [2.45, 2.75) is 32.0 Å². The Hall–Kier alpha value is -5.11. The lowest BCUT2D eigenvalue weighted by Gasteiger charge is -2.29. The lowest BCUT2D eigenvalue weighted by atomic mass is 9.97. The number of nitrogens with two attached hydrogens (primary N) is 1. The molecule has 0 aliphatic carbocycles. The maximum Gasteiger partial charge on any atom is 0.325 e. The van der Waals surface area contributed by atoms with E-state index in [1.807, 2.05) is 116 Å². The Kier molecular flexibility index (Phi) is 9.69. The van der Waals surface area contributed by atoms with E-state index in [-0.39, 0.29) is 31.1 Å². The van der Waals surface area contributed by atoms with E-state index in [0.29, 0.717) is 37.4 Å². The Balaban J connectivity index is 1.16. The summed E-state index contributed by atoms with van der Waals surface area (Å²) >= 11 is 0. The standard InChI is InChI=1S/C35H36N4O4/c1-38(34(27-15-7-3-8-16-27)28-17-9-4-10-18-28)32(40)21-12-22-42-31-20-11-19-30-29(31)23-39(35(36)37-30)24-33(41)43-25-26-13-5-2-6-14-26/h2-11,13-20,34H,12,21-25H2,1H3,(H2,36,37). The Morgan fingerprint density at radius 3 is 2.16 bits per heavy atom. The molecule has 43 heavy (non-hydrogen) atoms. The summed E-state index contributed by atoms with van der Waals surface area (Å²) in [5.74, 6) is 0.551. The SMILES string of the molecule is CN(C(=O)CCCOc1cccc2c1CN(CC(=O)OCc1ccccc1)C(N)=N2)C(c1ccccc1)c1ccccc1. The number of aliphatic imine (C=N–C) groups is 1. The molecule has 0 radical (unpaired) electrons. The average Bonchev–Trinajstić information content (AvgIpc) is 3.04. The number of hydrogen-bond acceptors (Lipinski definition) is 7. The molecule has 4 aromatic rings. The van der Waals surface area contributed by atoms with Crippen molar-refractivity contribution < 1.29 is 19.1 Å². The maximum atomic E-state index is 13.3. The quantitative estimate of drug-likeness (QED) is 0.174. The number of benzene rings is 4. The summed E-state index contributed by atoms with van der Waals surface area (Å²) in [4.78, 5) is 33.8. The van der Waals surface area contributed by atoms with Gasteiger partial charge in [0.1, 0.15) is 18.9 Å². The van der Waals surface area contributed by atoms with E-state index in [1.54, 1.807) is 9.80 Å². The fourth-order valence-electron chi connectivity index (χ4n) is 5.13. The summed E-state index contributed by atoms with van der Waals surface area (Å²) in [7, 11) is 1.85. The molecule has 0 bridgehead atoms. The molecule has 1 aliphatic rings. The van der Waals surface area contributed by atoms with Crippen molar-refractivity contribution in [2.24, 2.45) is 10.7 Å². The largest absolute Gasteiger partial charge is 0.493 e. The van der Waals surface area contributed by atoms with Crippen molar-refractivity contribution in [3.8, 4) is 5.75 Å². The van der Waals surface area contributed by atoms with Gasteiger partial charge in [-0.1, -0.05) is 97.1 Å². The van der Waals surface area contributed by atoms with Gasteiger partial charge in [0.2, 0.25) is 5.91 Å². The number of rotatable bonds is 12. The minimum absolute atomic E-state index is 0.0270. The van der Waals surface area contributed by atoms with Crippen LogP contribution in [0.4, 0.5) is 5.69 Å². The predicted octanol–water partition coefficient (Wildman–Crippen LogP) is 5.60. The molecule has 1 aliphatic heterocycles. The van der Waals surface area contributed by atoms with Crippen LogP contribution in [0, 0.1) is 0 Å². The molecule has 1 amide bonds. The van der Waals surface area contributed by atoms with E-state index < -0.39 is 5.97 Å². The van der Waals surface area contributed by atoms with Crippen LogP contribution in [0.15, 0.2) is 114 Å². The highest BCUT2D eigenvalue weighted by molar-refractivity contribution is 5.87. The van der Waals surface area contributed by atoms with Gasteiger partial charge in [-0.3, -0.25) is 9.59 Å². The smallest absolute Gasteiger partial charge is 0.325 e. The molecule has 0 spiro atoms. The molecule has 220 valence electrons. The van der Waals surface area contributed by atoms with Crippen LogP contribution >= 0.6 is 0 Å². The van der Waals surface area contributed by atoms with Gasteiger partial charge in [0, 0.05) is 19.0 Å². The monoisotopic (exact) mass is 576 g/mol. The third kappa shape index (κ3) is 7.60. The van der Waals surface area contributed by atoms with Crippen LogP contribution in [-0.4, -0.2) is 47.8 Å². The topological polar surface area (TPSA) is 97.5 Å². The summed E-state index contributed by atoms with van der Waals surface area (Å²) in [5, 5.41) is 0. The summed E-state index contributed by atoms with van der Waals surface area (Å²) in [6.45, 7) is 0.885. The molecular weight excluding hydrogens is 540 g/mol. The molecule has 0 unspecified atom stereocenters. The minimum atomic E-state index is -0.393. The van der Waals surface area contributed by atoms with Crippen molar-refractivity contribution >= 4 is 23.5 Å². The van der Waals surface area contributed by atoms with Gasteiger partial charge in [-0.2, -0.15) is 0 Å². The van der Waals surface area contributed by atoms with Crippen molar-refractivity contribution in [2.75, 3.05) is 20.2 Å². The Morgan fingerprint density at radius 1 is 0.884 bits per heavy atom. The van der Waals surface area contributed by atoms with Crippen molar-refractivity contribution in [1.29, 1.82) is 0 Å². The number of esters is 1. The number of carbonyl (C=O) groups excluding carboxylic acids is 2. The van der Waals surface area contributed by atoms with Gasteiger partial charge >= 0.3 is 5.97 Å². The van der Waals surface area contributed by atoms with Crippen molar-refractivity contribution in [3.05, 3.63) is 131 Å². The van der Waals surface area contributed by atoms with Gasteiger partial charge in [0.05, 0.1) is 24.9 Å². The van der Waals surface area contributed by atoms with Gasteiger partial charge in [-0.15, -0.1) is 0 Å². The minimum Gasteiger partial charge on any atom is -0.493 e. The number of guanidine groups is 1. The van der Waals surface area contributed by atoms with Gasteiger partial charge in [-0.25, -0.2) is 4.99 Å². The van der Waals surface area contributed by atoms with Crippen molar-refractivity contribution in [1.82, 2.24) is 9.80 Å². The molecule has 0 atom stereocenters. The molecule has 5 rings (SSSR count). The van der Waals surface area contributed by atoms with E-state index >= 15 is 0 Å². The Bertz CT molecular complexity index is 1500. The molecule has 4 aromatic carbocycles. The van der Waals surface area contributed by atoms with Crippen LogP contribution in [0.3, 0.4) is 0 Å². The van der Waals surface area contributed by atoms with Crippen LogP contribution < -0.4 is 10.5 Å². The molecule has 0 saturated heterocycles. The molecule has 1 heterocycles. The van der Waals surface area contributed by atoms with Crippen LogP contribution in [0.5, 0.6) is 5.75 Å². The third-order valence-corrected chi connectivity index (χ3v) is 7.38. The van der Waals surface area contributed by atoms with E-state index in [1.165, 1.54) is 0 Å². The second kappa shape index (κ2) is 14.2. The normalized spacial score (nSPS) is 12.3. The maximum absolute atomic E-state index is 13.3. The number of amides is 1. The summed E-state index contributed by atoms with van der Waals surface area (Å²) in [6.07, 6.45) is 0.885. The lowest BCUT2D eigenvalue weighted by molar-refractivity contribution is -0.145. The fraction of sp³-hybridized carbons (Fsp3) is 0.229. The van der Waals surface area contributed by atoms with E-state index in [9.17, 15) is 9.59 Å². The van der Waals surface area contributed by atoms with Crippen LogP contribution in [0.25, 0.3) is 0 Å². The number of hydrogen-bond donors (Lipinski definition) is 1. The van der Waals surface area contributed by atoms with Gasteiger partial charge in [0.15, 0.2) is 5.96 Å². The summed E-state index contributed by atoms with van der Waals surface area (Å²) in [6, 6.07) is 35.0. The Morgan fingerprint density at radius 2 is 1.51 bits per heavy atom. The third-order valence-electron chi connectivity index (χ3n) is 7.38. The molecule has 8 nitrogen and oxygen atoms in total. The highest BCUT2D eigenvalue weighted by Crippen LogP contribution is 2.33. The van der Waals surface area contributed by atoms with Gasteiger partial charge in [0.25, 0.3) is 0 Å². The molecule has 2 N–H and O–H groups in total. The summed E-state index contributed by atoms with van der Waals surface area (Å²) < 4.78 is 11.6. The van der Waals surface area contributed by atoms with E-state index in [2.05, 4.69) is 4.99 Å². The first kappa shape index (κ1) is 29.4. The lowest BCUT2D eigenvalue weighted by Crippen LogP contribution is -2.42. The first-order valence-electron chi connectivity index (χ1n) is 14.4. The second-order valence-corrected chi connectivity index (χ2v) is 10.4. The molecule has 0 aromatic heterocycles. The number of fused-ring (bicyclic) bond motifs is 1. The highest BCUT2D eigenvalue weighted by atomic mass is 16.5. The first-order valence-corrected chi connectivity index (χ1v) is 14.4. The molecule has 0 saturated carbocycles. The Labute approximate surface area is 252 Å². The number of nitrogens with zero attached hydrogens (tertiary/aromatic N) is 3.